The van der Waals surface area contributed by atoms with Crippen molar-refractivity contribution in [1.82, 2.24) is 5.32 Å². The number of rotatable bonds is 6. The molecule has 3 heteroatoms. The molecule has 0 bridgehead atoms. The highest BCUT2D eigenvalue weighted by Gasteiger charge is 2.41. The fraction of sp³-hybridized carbons (Fsp3) is 0.636. The predicted octanol–water partition coefficient (Wildman–Crippen LogP) is 1.65. The van der Waals surface area contributed by atoms with E-state index >= 15 is 0 Å². The molecule has 0 radical (unpaired) electrons. The largest absolute Gasteiger partial charge is 0.396 e. The van der Waals surface area contributed by atoms with Gasteiger partial charge in [-0.1, -0.05) is 6.07 Å². The van der Waals surface area contributed by atoms with Crippen LogP contribution in [0.1, 0.15) is 17.7 Å². The van der Waals surface area contributed by atoms with Gasteiger partial charge in [-0.2, -0.15) is 0 Å². The second-order valence-electron chi connectivity index (χ2n) is 4.16. The molecule has 2 N–H and O–H groups in total. The molecule has 0 aromatic carbocycles. The highest BCUT2D eigenvalue weighted by molar-refractivity contribution is 7.09. The fourth-order valence-corrected chi connectivity index (χ4v) is 2.30. The van der Waals surface area contributed by atoms with E-state index in [0.29, 0.717) is 6.61 Å². The van der Waals surface area contributed by atoms with E-state index < -0.39 is 0 Å². The Morgan fingerprint density at radius 3 is 2.93 bits per heavy atom. The Hall–Kier alpha value is -0.380. The minimum atomic E-state index is 0.245. The summed E-state index contributed by atoms with van der Waals surface area (Å²) >= 11 is 1.81. The summed E-state index contributed by atoms with van der Waals surface area (Å²) in [6, 6.07) is 4.27. The molecule has 1 fully saturated rings. The second-order valence-corrected chi connectivity index (χ2v) is 5.20. The third kappa shape index (κ3) is 2.56. The van der Waals surface area contributed by atoms with Crippen molar-refractivity contribution in [2.45, 2.75) is 19.3 Å². The van der Waals surface area contributed by atoms with Crippen molar-refractivity contribution in [3.05, 3.63) is 22.4 Å². The molecule has 2 rings (SSSR count). The normalized spacial score (nSPS) is 18.4. The monoisotopic (exact) mass is 211 g/mol. The number of aliphatic hydroxyl groups excluding tert-OH is 1. The molecule has 0 saturated heterocycles. The van der Waals surface area contributed by atoms with Crippen LogP contribution in [0.25, 0.3) is 0 Å². The molecular formula is C11H17NOS. The molecule has 78 valence electrons. The van der Waals surface area contributed by atoms with E-state index in [1.807, 2.05) is 11.3 Å². The number of aliphatic hydroxyl groups is 1. The van der Waals surface area contributed by atoms with Crippen LogP contribution < -0.4 is 5.32 Å². The first-order valence-electron chi connectivity index (χ1n) is 5.19. The second kappa shape index (κ2) is 4.43. The zero-order valence-electron chi connectivity index (χ0n) is 8.33. The Morgan fingerprint density at radius 1 is 1.50 bits per heavy atom. The first-order chi connectivity index (χ1) is 6.85. The van der Waals surface area contributed by atoms with Gasteiger partial charge >= 0.3 is 0 Å². The van der Waals surface area contributed by atoms with Crippen molar-refractivity contribution in [3.63, 3.8) is 0 Å². The zero-order valence-corrected chi connectivity index (χ0v) is 9.15. The van der Waals surface area contributed by atoms with Crippen LogP contribution in [0.5, 0.6) is 0 Å². The highest BCUT2D eigenvalue weighted by atomic mass is 32.1. The van der Waals surface area contributed by atoms with Gasteiger partial charge in [-0.15, -0.1) is 11.3 Å². The van der Waals surface area contributed by atoms with Crippen molar-refractivity contribution in [2.75, 3.05) is 19.7 Å². The molecule has 1 aromatic rings. The van der Waals surface area contributed by atoms with Crippen LogP contribution >= 0.6 is 11.3 Å². The van der Waals surface area contributed by atoms with Gasteiger partial charge in [0.2, 0.25) is 0 Å². The number of hydrogen-bond acceptors (Lipinski definition) is 3. The summed E-state index contributed by atoms with van der Waals surface area (Å²) in [5.74, 6) is 0. The Balaban J connectivity index is 1.60. The van der Waals surface area contributed by atoms with Crippen LogP contribution in [0.4, 0.5) is 0 Å². The molecule has 0 atom stereocenters. The zero-order chi connectivity index (χ0) is 9.86. The topological polar surface area (TPSA) is 32.3 Å². The molecule has 14 heavy (non-hydrogen) atoms. The molecule has 1 saturated carbocycles. The molecule has 1 aliphatic carbocycles. The van der Waals surface area contributed by atoms with Crippen LogP contribution in [0.3, 0.4) is 0 Å². The number of hydrogen-bond donors (Lipinski definition) is 2. The SMILES string of the molecule is OCC1(CNCCc2cccs2)CC1. The fourth-order valence-electron chi connectivity index (χ4n) is 1.59. The Bertz CT molecular complexity index is 267. The summed E-state index contributed by atoms with van der Waals surface area (Å²) in [6.45, 7) is 2.36. The molecule has 0 amide bonds. The first kappa shape index (κ1) is 10.1. The van der Waals surface area contributed by atoms with Gasteiger partial charge in [0, 0.05) is 23.4 Å². The van der Waals surface area contributed by atoms with Gasteiger partial charge in [0.1, 0.15) is 0 Å². The lowest BCUT2D eigenvalue weighted by Crippen LogP contribution is -2.27. The summed E-state index contributed by atoms with van der Waals surface area (Å²) in [5.41, 5.74) is 0.245. The minimum absolute atomic E-state index is 0.245. The van der Waals surface area contributed by atoms with Crippen LogP contribution in [-0.4, -0.2) is 24.8 Å². The molecule has 0 unspecified atom stereocenters. The molecule has 0 spiro atoms. The van der Waals surface area contributed by atoms with E-state index in [0.717, 1.165) is 19.5 Å². The quantitative estimate of drug-likeness (QED) is 0.701. The Morgan fingerprint density at radius 2 is 2.36 bits per heavy atom. The van der Waals surface area contributed by atoms with E-state index in [-0.39, 0.29) is 5.41 Å². The van der Waals surface area contributed by atoms with Crippen molar-refractivity contribution in [2.24, 2.45) is 5.41 Å². The van der Waals surface area contributed by atoms with E-state index in [4.69, 9.17) is 5.11 Å². The van der Waals surface area contributed by atoms with Crippen molar-refractivity contribution in [3.8, 4) is 0 Å². The minimum Gasteiger partial charge on any atom is -0.396 e. The summed E-state index contributed by atoms with van der Waals surface area (Å²) < 4.78 is 0. The lowest BCUT2D eigenvalue weighted by Gasteiger charge is -2.11. The van der Waals surface area contributed by atoms with Crippen molar-refractivity contribution < 1.29 is 5.11 Å². The smallest absolute Gasteiger partial charge is 0.0499 e. The summed E-state index contributed by atoms with van der Waals surface area (Å²) in [4.78, 5) is 1.44. The lowest BCUT2D eigenvalue weighted by molar-refractivity contribution is 0.208. The van der Waals surface area contributed by atoms with E-state index in [1.165, 1.54) is 17.7 Å². The predicted molar refractivity (Wildman–Crippen MR) is 59.6 cm³/mol. The summed E-state index contributed by atoms with van der Waals surface area (Å²) in [6.07, 6.45) is 3.49. The average molecular weight is 211 g/mol. The van der Waals surface area contributed by atoms with Crippen LogP contribution in [0, 0.1) is 5.41 Å². The van der Waals surface area contributed by atoms with Crippen molar-refractivity contribution in [1.29, 1.82) is 0 Å². The summed E-state index contributed by atoms with van der Waals surface area (Å²) in [7, 11) is 0. The number of thiophene rings is 1. The van der Waals surface area contributed by atoms with Crippen LogP contribution in [0.15, 0.2) is 17.5 Å². The third-order valence-electron chi connectivity index (χ3n) is 2.92. The maximum Gasteiger partial charge on any atom is 0.0499 e. The van der Waals surface area contributed by atoms with Crippen LogP contribution in [0.2, 0.25) is 0 Å². The molecule has 1 aliphatic rings. The maximum atomic E-state index is 9.10. The van der Waals surface area contributed by atoms with Gasteiger partial charge < -0.3 is 10.4 Å². The molecule has 1 heterocycles. The van der Waals surface area contributed by atoms with E-state index in [9.17, 15) is 0 Å². The van der Waals surface area contributed by atoms with Gasteiger partial charge in [-0.05, 0) is 37.3 Å². The molecular weight excluding hydrogens is 194 g/mol. The van der Waals surface area contributed by atoms with Gasteiger partial charge in [0.15, 0.2) is 0 Å². The van der Waals surface area contributed by atoms with Crippen LogP contribution in [-0.2, 0) is 6.42 Å². The molecule has 2 nitrogen and oxygen atoms in total. The average Bonchev–Trinajstić information content (AvgIpc) is 2.81. The van der Waals surface area contributed by atoms with Gasteiger partial charge in [0.05, 0.1) is 0 Å². The Labute approximate surface area is 89.0 Å². The molecule has 1 aromatic heterocycles. The standard InChI is InChI=1S/C11H17NOS/c13-9-11(4-5-11)8-12-6-3-10-2-1-7-14-10/h1-2,7,12-13H,3-6,8-9H2. The van der Waals surface area contributed by atoms with E-state index in [1.54, 1.807) is 0 Å². The Kier molecular flexibility index (Phi) is 3.21. The van der Waals surface area contributed by atoms with Gasteiger partial charge in [-0.3, -0.25) is 0 Å². The van der Waals surface area contributed by atoms with Crippen molar-refractivity contribution >= 4 is 11.3 Å². The maximum absolute atomic E-state index is 9.10. The van der Waals surface area contributed by atoms with Gasteiger partial charge in [-0.25, -0.2) is 0 Å². The van der Waals surface area contributed by atoms with Gasteiger partial charge in [0.25, 0.3) is 0 Å². The van der Waals surface area contributed by atoms with E-state index in [2.05, 4.69) is 22.8 Å². The molecule has 0 aliphatic heterocycles. The first-order valence-corrected chi connectivity index (χ1v) is 6.07. The lowest BCUT2D eigenvalue weighted by atomic mass is 10.1. The highest BCUT2D eigenvalue weighted by Crippen LogP contribution is 2.44. The number of nitrogens with one attached hydrogen (secondary N) is 1. The summed E-state index contributed by atoms with van der Waals surface area (Å²) in [5, 5.41) is 14.6. The third-order valence-corrected chi connectivity index (χ3v) is 3.86.